The number of ether oxygens (including phenoxy) is 3. The van der Waals surface area contributed by atoms with Gasteiger partial charge in [0.2, 0.25) is 5.95 Å². The Balaban J connectivity index is 1.98. The number of hydrogen-bond acceptors (Lipinski definition) is 5. The van der Waals surface area contributed by atoms with E-state index >= 15 is 0 Å². The van der Waals surface area contributed by atoms with Crippen molar-refractivity contribution in [3.63, 3.8) is 0 Å². The molecule has 1 atom stereocenters. The molecular weight excluding hydrogens is 234 g/mol. The standard InChI is InChI=1S/C12H21N3O3/c1-16-8-5-14-11-13-4-6-15(11)9-12(17-2)3-7-18-10-12/h4,6H,3,5,7-10H2,1-2H3,(H,13,14). The molecule has 1 N–H and O–H groups in total. The van der Waals surface area contributed by atoms with E-state index in [2.05, 4.69) is 14.9 Å². The number of nitrogens with one attached hydrogen (secondary N) is 1. The van der Waals surface area contributed by atoms with Crippen LogP contribution in [0.2, 0.25) is 0 Å². The van der Waals surface area contributed by atoms with Crippen LogP contribution in [-0.2, 0) is 20.8 Å². The van der Waals surface area contributed by atoms with Crippen molar-refractivity contribution in [1.29, 1.82) is 0 Å². The lowest BCUT2D eigenvalue weighted by Crippen LogP contribution is -2.37. The largest absolute Gasteiger partial charge is 0.383 e. The van der Waals surface area contributed by atoms with Crippen molar-refractivity contribution >= 4 is 5.95 Å². The van der Waals surface area contributed by atoms with E-state index in [0.717, 1.165) is 32.1 Å². The molecule has 0 aliphatic carbocycles. The molecule has 2 rings (SSSR count). The Labute approximate surface area is 107 Å². The number of nitrogens with zero attached hydrogens (tertiary/aromatic N) is 2. The second-order valence-corrected chi connectivity index (χ2v) is 4.49. The minimum Gasteiger partial charge on any atom is -0.383 e. The van der Waals surface area contributed by atoms with Crippen LogP contribution in [0.1, 0.15) is 6.42 Å². The molecule has 1 unspecified atom stereocenters. The molecule has 1 saturated heterocycles. The molecule has 18 heavy (non-hydrogen) atoms. The molecule has 0 bridgehead atoms. The van der Waals surface area contributed by atoms with Crippen LogP contribution in [0.5, 0.6) is 0 Å². The van der Waals surface area contributed by atoms with Gasteiger partial charge >= 0.3 is 0 Å². The Morgan fingerprint density at radius 2 is 2.44 bits per heavy atom. The number of methoxy groups -OCH3 is 2. The summed E-state index contributed by atoms with van der Waals surface area (Å²) in [7, 11) is 3.42. The zero-order valence-electron chi connectivity index (χ0n) is 11.0. The summed E-state index contributed by atoms with van der Waals surface area (Å²) in [6, 6.07) is 0. The number of aromatic nitrogens is 2. The maximum Gasteiger partial charge on any atom is 0.202 e. The second-order valence-electron chi connectivity index (χ2n) is 4.49. The number of hydrogen-bond donors (Lipinski definition) is 1. The van der Waals surface area contributed by atoms with E-state index in [0.29, 0.717) is 13.2 Å². The van der Waals surface area contributed by atoms with Crippen LogP contribution in [0.3, 0.4) is 0 Å². The molecule has 1 aliphatic rings. The third-order valence-corrected chi connectivity index (χ3v) is 3.26. The summed E-state index contributed by atoms with van der Waals surface area (Å²) in [6.07, 6.45) is 4.65. The molecule has 0 amide bonds. The molecule has 0 saturated carbocycles. The van der Waals surface area contributed by atoms with Crippen molar-refractivity contribution in [3.8, 4) is 0 Å². The summed E-state index contributed by atoms with van der Waals surface area (Å²) in [4.78, 5) is 4.30. The van der Waals surface area contributed by atoms with E-state index in [-0.39, 0.29) is 5.60 Å². The second kappa shape index (κ2) is 6.17. The smallest absolute Gasteiger partial charge is 0.202 e. The summed E-state index contributed by atoms with van der Waals surface area (Å²) in [5.74, 6) is 0.843. The summed E-state index contributed by atoms with van der Waals surface area (Å²) in [5, 5.41) is 3.24. The highest BCUT2D eigenvalue weighted by Crippen LogP contribution is 2.25. The molecular formula is C12H21N3O3. The van der Waals surface area contributed by atoms with Gasteiger partial charge in [0.15, 0.2) is 0 Å². The summed E-state index contributed by atoms with van der Waals surface area (Å²) in [6.45, 7) is 3.54. The van der Waals surface area contributed by atoms with E-state index in [1.54, 1.807) is 20.4 Å². The zero-order chi connectivity index (χ0) is 12.8. The van der Waals surface area contributed by atoms with Crippen molar-refractivity contribution in [3.05, 3.63) is 12.4 Å². The first-order chi connectivity index (χ1) is 8.79. The van der Waals surface area contributed by atoms with Crippen molar-refractivity contribution in [1.82, 2.24) is 9.55 Å². The average molecular weight is 255 g/mol. The van der Waals surface area contributed by atoms with Crippen LogP contribution in [0.25, 0.3) is 0 Å². The summed E-state index contributed by atoms with van der Waals surface area (Å²) in [5.41, 5.74) is -0.224. The first kappa shape index (κ1) is 13.3. The van der Waals surface area contributed by atoms with Gasteiger partial charge in [0.25, 0.3) is 0 Å². The van der Waals surface area contributed by atoms with Crippen molar-refractivity contribution in [2.24, 2.45) is 0 Å². The van der Waals surface area contributed by atoms with Crippen molar-refractivity contribution < 1.29 is 14.2 Å². The fraction of sp³-hybridized carbons (Fsp3) is 0.750. The first-order valence-electron chi connectivity index (χ1n) is 6.16. The molecule has 1 aromatic rings. The van der Waals surface area contributed by atoms with Gasteiger partial charge in [0, 0.05) is 46.2 Å². The van der Waals surface area contributed by atoms with Gasteiger partial charge in [-0.1, -0.05) is 0 Å². The highest BCUT2D eigenvalue weighted by Gasteiger charge is 2.35. The third kappa shape index (κ3) is 3.01. The van der Waals surface area contributed by atoms with Crippen LogP contribution in [0.4, 0.5) is 5.95 Å². The molecule has 102 valence electrons. The molecule has 0 spiro atoms. The van der Waals surface area contributed by atoms with Crippen molar-refractivity contribution in [2.45, 2.75) is 18.6 Å². The van der Waals surface area contributed by atoms with Gasteiger partial charge in [0.05, 0.1) is 19.8 Å². The molecule has 1 fully saturated rings. The van der Waals surface area contributed by atoms with Crippen LogP contribution in [-0.4, -0.2) is 55.7 Å². The molecule has 6 nitrogen and oxygen atoms in total. The van der Waals surface area contributed by atoms with E-state index in [4.69, 9.17) is 14.2 Å². The SMILES string of the molecule is COCCNc1nccn1CC1(OC)CCOC1. The van der Waals surface area contributed by atoms with Gasteiger partial charge in [0.1, 0.15) is 5.60 Å². The molecule has 0 aromatic carbocycles. The van der Waals surface area contributed by atoms with Crippen LogP contribution in [0.15, 0.2) is 12.4 Å². The third-order valence-electron chi connectivity index (χ3n) is 3.26. The molecule has 2 heterocycles. The highest BCUT2D eigenvalue weighted by atomic mass is 16.5. The van der Waals surface area contributed by atoms with Gasteiger partial charge in [-0.25, -0.2) is 4.98 Å². The van der Waals surface area contributed by atoms with Gasteiger partial charge in [-0.05, 0) is 0 Å². The number of imidazole rings is 1. The van der Waals surface area contributed by atoms with Crippen LogP contribution < -0.4 is 5.32 Å². The number of rotatable bonds is 7. The fourth-order valence-electron chi connectivity index (χ4n) is 2.12. The lowest BCUT2D eigenvalue weighted by molar-refractivity contribution is -0.0291. The van der Waals surface area contributed by atoms with Gasteiger partial charge < -0.3 is 24.1 Å². The lowest BCUT2D eigenvalue weighted by Gasteiger charge is -2.26. The minimum atomic E-state index is -0.224. The maximum absolute atomic E-state index is 5.63. The predicted octanol–water partition coefficient (Wildman–Crippen LogP) is 0.747. The maximum atomic E-state index is 5.63. The first-order valence-corrected chi connectivity index (χ1v) is 6.16. The van der Waals surface area contributed by atoms with E-state index in [9.17, 15) is 0 Å². The van der Waals surface area contributed by atoms with Gasteiger partial charge in [-0.2, -0.15) is 0 Å². The van der Waals surface area contributed by atoms with Crippen LogP contribution in [0, 0.1) is 0 Å². The van der Waals surface area contributed by atoms with Crippen LogP contribution >= 0.6 is 0 Å². The van der Waals surface area contributed by atoms with Gasteiger partial charge in [-0.3, -0.25) is 0 Å². The molecule has 6 heteroatoms. The fourth-order valence-corrected chi connectivity index (χ4v) is 2.12. The quantitative estimate of drug-likeness (QED) is 0.729. The highest BCUT2D eigenvalue weighted by molar-refractivity contribution is 5.26. The predicted molar refractivity (Wildman–Crippen MR) is 67.8 cm³/mol. The van der Waals surface area contributed by atoms with E-state index < -0.39 is 0 Å². The van der Waals surface area contributed by atoms with E-state index in [1.165, 1.54) is 0 Å². The summed E-state index contributed by atoms with van der Waals surface area (Å²) < 4.78 is 18.1. The Hall–Kier alpha value is -1.11. The van der Waals surface area contributed by atoms with E-state index in [1.807, 2.05) is 6.20 Å². The molecule has 0 radical (unpaired) electrons. The monoisotopic (exact) mass is 255 g/mol. The Morgan fingerprint density at radius 1 is 1.56 bits per heavy atom. The summed E-state index contributed by atoms with van der Waals surface area (Å²) >= 11 is 0. The Morgan fingerprint density at radius 3 is 3.11 bits per heavy atom. The normalized spacial score (nSPS) is 23.4. The zero-order valence-corrected chi connectivity index (χ0v) is 11.0. The topological polar surface area (TPSA) is 57.5 Å². The van der Waals surface area contributed by atoms with Gasteiger partial charge in [-0.15, -0.1) is 0 Å². The Kier molecular flexibility index (Phi) is 4.57. The average Bonchev–Trinajstić information content (AvgIpc) is 3.01. The Bertz CT molecular complexity index is 361. The lowest BCUT2D eigenvalue weighted by atomic mass is 10.0. The number of anilines is 1. The van der Waals surface area contributed by atoms with Crippen molar-refractivity contribution in [2.75, 3.05) is 45.9 Å². The molecule has 1 aliphatic heterocycles. The minimum absolute atomic E-state index is 0.224. The molecule has 1 aromatic heterocycles.